The number of aliphatic hydroxyl groups is 1. The van der Waals surface area contributed by atoms with Crippen molar-refractivity contribution in [2.24, 2.45) is 0 Å². The molecular formula is C12H13ClO5. The van der Waals surface area contributed by atoms with Crippen molar-refractivity contribution in [3.63, 3.8) is 0 Å². The summed E-state index contributed by atoms with van der Waals surface area (Å²) < 4.78 is 5.03. The van der Waals surface area contributed by atoms with Gasteiger partial charge in [0, 0.05) is 17.9 Å². The molecule has 0 saturated heterocycles. The molecule has 1 unspecified atom stereocenters. The van der Waals surface area contributed by atoms with Gasteiger partial charge in [-0.1, -0.05) is 12.1 Å². The second-order valence-electron chi connectivity index (χ2n) is 3.53. The molecule has 0 aliphatic heterocycles. The highest BCUT2D eigenvalue weighted by atomic mass is 35.5. The molecule has 0 amide bonds. The second kappa shape index (κ2) is 6.37. The van der Waals surface area contributed by atoms with Gasteiger partial charge in [0.25, 0.3) is 0 Å². The largest absolute Gasteiger partial charge is 0.496 e. The molecular weight excluding hydrogens is 260 g/mol. The van der Waals surface area contributed by atoms with Gasteiger partial charge in [-0.3, -0.25) is 4.79 Å². The number of carbonyl (C=O) groups is 2. The number of hydrogen-bond acceptors (Lipinski definition) is 4. The Morgan fingerprint density at radius 3 is 2.61 bits per heavy atom. The molecule has 6 heteroatoms. The lowest BCUT2D eigenvalue weighted by atomic mass is 10.0. The average Bonchev–Trinajstić information content (AvgIpc) is 2.36. The Morgan fingerprint density at radius 1 is 1.44 bits per heavy atom. The van der Waals surface area contributed by atoms with E-state index in [0.717, 1.165) is 0 Å². The van der Waals surface area contributed by atoms with Gasteiger partial charge in [-0.2, -0.15) is 0 Å². The summed E-state index contributed by atoms with van der Waals surface area (Å²) in [7, 11) is 1.31. The highest BCUT2D eigenvalue weighted by molar-refractivity contribution is 6.19. The van der Waals surface area contributed by atoms with E-state index in [1.165, 1.54) is 25.3 Å². The van der Waals surface area contributed by atoms with Crippen molar-refractivity contribution >= 4 is 23.4 Å². The van der Waals surface area contributed by atoms with Crippen LogP contribution in [0.3, 0.4) is 0 Å². The predicted octanol–water partition coefficient (Wildman–Crippen LogP) is 1.62. The number of carboxylic acids is 1. The summed E-state index contributed by atoms with van der Waals surface area (Å²) in [6, 6.07) is 4.40. The Bertz CT molecular complexity index is 458. The molecule has 0 aliphatic carbocycles. The predicted molar refractivity (Wildman–Crippen MR) is 65.3 cm³/mol. The number of ketones is 1. The molecule has 1 rings (SSSR count). The van der Waals surface area contributed by atoms with E-state index in [1.54, 1.807) is 0 Å². The van der Waals surface area contributed by atoms with Crippen molar-refractivity contribution in [2.75, 3.05) is 13.0 Å². The Morgan fingerprint density at radius 2 is 2.11 bits per heavy atom. The minimum atomic E-state index is -1.73. The summed E-state index contributed by atoms with van der Waals surface area (Å²) in [5.74, 6) is -1.44. The zero-order valence-corrected chi connectivity index (χ0v) is 10.5. The maximum Gasteiger partial charge on any atom is 0.337 e. The summed E-state index contributed by atoms with van der Waals surface area (Å²) >= 11 is 5.49. The van der Waals surface area contributed by atoms with E-state index in [0.29, 0.717) is 0 Å². The van der Waals surface area contributed by atoms with Gasteiger partial charge in [0.15, 0.2) is 11.9 Å². The standard InChI is InChI=1S/C12H13ClO5/c1-18-11-7(9(14)5-6-13)3-2-4-8(11)10(15)12(16)17/h2-4,10,15H,5-6H2,1H3,(H,16,17). The van der Waals surface area contributed by atoms with Crippen molar-refractivity contribution in [3.05, 3.63) is 29.3 Å². The Kier molecular flexibility index (Phi) is 5.12. The van der Waals surface area contributed by atoms with Crippen LogP contribution in [0.5, 0.6) is 5.75 Å². The van der Waals surface area contributed by atoms with Crippen molar-refractivity contribution in [1.29, 1.82) is 0 Å². The molecule has 0 saturated carbocycles. The fourth-order valence-electron chi connectivity index (χ4n) is 1.57. The van der Waals surface area contributed by atoms with Gasteiger partial charge >= 0.3 is 5.97 Å². The Balaban J connectivity index is 3.26. The first-order valence-corrected chi connectivity index (χ1v) is 5.73. The number of aliphatic hydroxyl groups excluding tert-OH is 1. The molecule has 2 N–H and O–H groups in total. The first kappa shape index (κ1) is 14.5. The van der Waals surface area contributed by atoms with E-state index in [-0.39, 0.29) is 35.0 Å². The summed E-state index contributed by atoms with van der Waals surface area (Å²) in [4.78, 5) is 22.5. The first-order valence-electron chi connectivity index (χ1n) is 5.19. The van der Waals surface area contributed by atoms with E-state index in [1.807, 2.05) is 0 Å². The Labute approximate surface area is 109 Å². The van der Waals surface area contributed by atoms with Crippen LogP contribution in [0.25, 0.3) is 0 Å². The minimum Gasteiger partial charge on any atom is -0.496 e. The molecule has 0 fully saturated rings. The topological polar surface area (TPSA) is 83.8 Å². The van der Waals surface area contributed by atoms with Gasteiger partial charge in [-0.15, -0.1) is 11.6 Å². The van der Waals surface area contributed by atoms with Crippen LogP contribution in [0.15, 0.2) is 18.2 Å². The maximum absolute atomic E-state index is 11.8. The normalized spacial score (nSPS) is 11.9. The van der Waals surface area contributed by atoms with Gasteiger partial charge in [0.1, 0.15) is 5.75 Å². The van der Waals surface area contributed by atoms with Crippen molar-refractivity contribution in [1.82, 2.24) is 0 Å². The first-order chi connectivity index (χ1) is 8.52. The fraction of sp³-hybridized carbons (Fsp3) is 0.333. The summed E-state index contributed by atoms with van der Waals surface area (Å²) in [6.07, 6.45) is -1.62. The number of Topliss-reactive ketones (excluding diaryl/α,β-unsaturated/α-hetero) is 1. The number of alkyl halides is 1. The molecule has 98 valence electrons. The smallest absolute Gasteiger partial charge is 0.337 e. The van der Waals surface area contributed by atoms with Crippen molar-refractivity contribution in [2.45, 2.75) is 12.5 Å². The monoisotopic (exact) mass is 272 g/mol. The van der Waals surface area contributed by atoms with E-state index >= 15 is 0 Å². The van der Waals surface area contributed by atoms with Crippen molar-refractivity contribution < 1.29 is 24.5 Å². The number of rotatable bonds is 6. The third kappa shape index (κ3) is 3.00. The minimum absolute atomic E-state index is 0.0467. The SMILES string of the molecule is COc1c(C(=O)CCCl)cccc1C(O)C(=O)O. The van der Waals surface area contributed by atoms with Crippen LogP contribution >= 0.6 is 11.6 Å². The lowest BCUT2D eigenvalue weighted by Gasteiger charge is -2.14. The highest BCUT2D eigenvalue weighted by Gasteiger charge is 2.24. The molecule has 1 aromatic carbocycles. The number of ether oxygens (including phenoxy) is 1. The summed E-state index contributed by atoms with van der Waals surface area (Å²) in [5, 5.41) is 18.3. The zero-order valence-electron chi connectivity index (χ0n) is 9.72. The maximum atomic E-state index is 11.8. The lowest BCUT2D eigenvalue weighted by molar-refractivity contribution is -0.147. The van der Waals surface area contributed by atoms with Gasteiger partial charge in [-0.05, 0) is 6.07 Å². The number of halogens is 1. The molecule has 0 spiro atoms. The number of benzene rings is 1. The van der Waals surface area contributed by atoms with Gasteiger partial charge in [0.05, 0.1) is 12.7 Å². The third-order valence-electron chi connectivity index (χ3n) is 2.40. The Hall–Kier alpha value is -1.59. The lowest BCUT2D eigenvalue weighted by Crippen LogP contribution is -2.14. The summed E-state index contributed by atoms with van der Waals surface area (Å²) in [5.41, 5.74) is 0.265. The molecule has 5 nitrogen and oxygen atoms in total. The van der Waals surface area contributed by atoms with E-state index in [2.05, 4.69) is 0 Å². The van der Waals surface area contributed by atoms with Crippen LogP contribution in [0.2, 0.25) is 0 Å². The molecule has 0 aromatic heterocycles. The van der Waals surface area contributed by atoms with Crippen molar-refractivity contribution in [3.8, 4) is 5.75 Å². The van der Waals surface area contributed by atoms with Gasteiger partial charge in [0.2, 0.25) is 0 Å². The van der Waals surface area contributed by atoms with E-state index < -0.39 is 12.1 Å². The van der Waals surface area contributed by atoms with Crippen LogP contribution in [0.4, 0.5) is 0 Å². The second-order valence-corrected chi connectivity index (χ2v) is 3.91. The number of carbonyl (C=O) groups excluding carboxylic acids is 1. The van der Waals surface area contributed by atoms with Crippen LogP contribution in [0.1, 0.15) is 28.4 Å². The number of hydrogen-bond donors (Lipinski definition) is 2. The highest BCUT2D eigenvalue weighted by Crippen LogP contribution is 2.30. The van der Waals surface area contributed by atoms with Crippen LogP contribution in [0, 0.1) is 0 Å². The molecule has 1 atom stereocenters. The summed E-state index contributed by atoms with van der Waals surface area (Å²) in [6.45, 7) is 0. The van der Waals surface area contributed by atoms with E-state index in [9.17, 15) is 14.7 Å². The van der Waals surface area contributed by atoms with Gasteiger partial charge in [-0.25, -0.2) is 4.79 Å². The molecule has 0 bridgehead atoms. The molecule has 0 radical (unpaired) electrons. The molecule has 1 aromatic rings. The molecule has 0 aliphatic rings. The fourth-order valence-corrected chi connectivity index (χ4v) is 1.74. The van der Waals surface area contributed by atoms with E-state index in [4.69, 9.17) is 21.4 Å². The average molecular weight is 273 g/mol. The molecule has 0 heterocycles. The number of carboxylic acid groups (broad SMARTS) is 1. The zero-order chi connectivity index (χ0) is 13.7. The van der Waals surface area contributed by atoms with Crippen LogP contribution in [-0.4, -0.2) is 35.0 Å². The van der Waals surface area contributed by atoms with Crippen LogP contribution in [-0.2, 0) is 4.79 Å². The number of methoxy groups -OCH3 is 1. The number of para-hydroxylation sites is 1. The van der Waals surface area contributed by atoms with Gasteiger partial charge < -0.3 is 14.9 Å². The molecule has 18 heavy (non-hydrogen) atoms. The third-order valence-corrected chi connectivity index (χ3v) is 2.59. The van der Waals surface area contributed by atoms with Crippen LogP contribution < -0.4 is 4.74 Å². The number of aliphatic carboxylic acids is 1. The quantitative estimate of drug-likeness (QED) is 0.607.